The molecule has 0 saturated carbocycles. The molecule has 1 fully saturated rings. The number of hydrogen-bond acceptors (Lipinski definition) is 10. The van der Waals surface area contributed by atoms with Gasteiger partial charge in [-0.05, 0) is 73.4 Å². The van der Waals surface area contributed by atoms with E-state index in [1.54, 1.807) is 24.3 Å². The van der Waals surface area contributed by atoms with Gasteiger partial charge in [0.1, 0.15) is 22.1 Å². The third-order valence-corrected chi connectivity index (χ3v) is 12.5. The highest BCUT2D eigenvalue weighted by Gasteiger charge is 2.55. The molecule has 0 radical (unpaired) electrons. The molecular weight excluding hydrogens is 725 g/mol. The van der Waals surface area contributed by atoms with Gasteiger partial charge in [0.05, 0.1) is 32.2 Å². The van der Waals surface area contributed by atoms with Crippen molar-refractivity contribution >= 4 is 45.1 Å². The second-order valence-corrected chi connectivity index (χ2v) is 17.2. The van der Waals surface area contributed by atoms with Gasteiger partial charge in [-0.2, -0.15) is 0 Å². The van der Waals surface area contributed by atoms with Crippen molar-refractivity contribution in [3.05, 3.63) is 71.8 Å². The fraction of sp³-hybridized carbons (Fsp3) is 0.463. The van der Waals surface area contributed by atoms with E-state index in [-0.39, 0.29) is 58.3 Å². The molecule has 3 aromatic carbocycles. The van der Waals surface area contributed by atoms with Gasteiger partial charge in [0.25, 0.3) is 21.8 Å². The number of carbonyl (C=O) groups excluding carboxylic acids is 3. The second-order valence-electron chi connectivity index (χ2n) is 15.4. The summed E-state index contributed by atoms with van der Waals surface area (Å²) in [6.07, 6.45) is 0.859. The Kier molecular flexibility index (Phi) is 11.6. The minimum absolute atomic E-state index is 0.0370. The van der Waals surface area contributed by atoms with Crippen LogP contribution in [0, 0.1) is 0 Å². The van der Waals surface area contributed by atoms with Gasteiger partial charge in [-0.3, -0.25) is 13.9 Å². The van der Waals surface area contributed by atoms with E-state index < -0.39 is 39.6 Å². The number of ether oxygens (including phenoxy) is 4. The molecule has 2 heterocycles. The molecule has 296 valence electrons. The van der Waals surface area contributed by atoms with Crippen molar-refractivity contribution in [2.75, 3.05) is 32.7 Å². The number of fused-ring (bicyclic) bond motifs is 1. The number of amidine groups is 1. The lowest BCUT2D eigenvalue weighted by molar-refractivity contribution is -0.137. The SMILES string of the molecule is CCC(C)(C)c1ccc(OCCCN2C(C(C(=O)Nc3cc(OC)ccc3OC)N3C(=O)OC(C)(C)C3=O)=Nc3ccccc3S2(=O)=O)c(C(C)(C)CC)c1. The fourth-order valence-corrected chi connectivity index (χ4v) is 8.00. The van der Waals surface area contributed by atoms with E-state index in [1.807, 2.05) is 6.07 Å². The quantitative estimate of drug-likeness (QED) is 0.156. The molecule has 1 unspecified atom stereocenters. The van der Waals surface area contributed by atoms with Crippen LogP contribution in [0.25, 0.3) is 0 Å². The third-order valence-electron chi connectivity index (χ3n) is 10.6. The Balaban J connectivity index is 1.54. The smallest absolute Gasteiger partial charge is 0.418 e. The summed E-state index contributed by atoms with van der Waals surface area (Å²) in [5.74, 6) is -0.824. The van der Waals surface area contributed by atoms with Gasteiger partial charge >= 0.3 is 6.09 Å². The minimum Gasteiger partial charge on any atom is -0.497 e. The fourth-order valence-electron chi connectivity index (χ4n) is 6.38. The summed E-state index contributed by atoms with van der Waals surface area (Å²) >= 11 is 0. The summed E-state index contributed by atoms with van der Waals surface area (Å²) in [4.78, 5) is 46.9. The van der Waals surface area contributed by atoms with E-state index in [9.17, 15) is 22.8 Å². The normalized spacial score (nSPS) is 16.9. The molecule has 1 atom stereocenters. The predicted molar refractivity (Wildman–Crippen MR) is 210 cm³/mol. The van der Waals surface area contributed by atoms with Crippen LogP contribution < -0.4 is 19.5 Å². The first kappa shape index (κ1) is 41.1. The number of carbonyl (C=O) groups is 3. The molecule has 1 N–H and O–H groups in total. The molecule has 3 aromatic rings. The number of amides is 3. The molecule has 2 aliphatic heterocycles. The largest absolute Gasteiger partial charge is 0.497 e. The van der Waals surface area contributed by atoms with E-state index in [2.05, 4.69) is 64.0 Å². The topological polar surface area (TPSA) is 153 Å². The number of imide groups is 1. The molecule has 0 spiro atoms. The summed E-state index contributed by atoms with van der Waals surface area (Å²) in [5, 5.41) is 2.71. The zero-order chi connectivity index (χ0) is 40.5. The first-order valence-electron chi connectivity index (χ1n) is 18.4. The summed E-state index contributed by atoms with van der Waals surface area (Å²) in [6, 6.07) is 15.1. The lowest BCUT2D eigenvalue weighted by atomic mass is 9.76. The number of cyclic esters (lactones) is 1. The van der Waals surface area contributed by atoms with Crippen molar-refractivity contribution < 1.29 is 41.7 Å². The van der Waals surface area contributed by atoms with E-state index >= 15 is 0 Å². The molecular formula is C41H52N4O9S. The van der Waals surface area contributed by atoms with Crippen LogP contribution in [0.2, 0.25) is 0 Å². The number of methoxy groups -OCH3 is 2. The predicted octanol–water partition coefficient (Wildman–Crippen LogP) is 7.35. The number of benzene rings is 3. The van der Waals surface area contributed by atoms with E-state index in [1.165, 1.54) is 51.8 Å². The van der Waals surface area contributed by atoms with Crippen molar-refractivity contribution in [2.45, 2.75) is 102 Å². The van der Waals surface area contributed by atoms with Gasteiger partial charge in [0.2, 0.25) is 0 Å². The number of sulfonamides is 1. The Morgan fingerprint density at radius 2 is 1.60 bits per heavy atom. The van der Waals surface area contributed by atoms with Crippen molar-refractivity contribution in [2.24, 2.45) is 4.99 Å². The highest BCUT2D eigenvalue weighted by molar-refractivity contribution is 7.90. The van der Waals surface area contributed by atoms with Crippen LogP contribution in [0.3, 0.4) is 0 Å². The zero-order valence-electron chi connectivity index (χ0n) is 33.3. The minimum atomic E-state index is -4.37. The Labute approximate surface area is 324 Å². The summed E-state index contributed by atoms with van der Waals surface area (Å²) in [5.41, 5.74) is 0.564. The van der Waals surface area contributed by atoms with Crippen LogP contribution >= 0.6 is 0 Å². The number of nitrogens with one attached hydrogen (secondary N) is 1. The molecule has 0 bridgehead atoms. The number of nitrogens with zero attached hydrogens (tertiary/aromatic N) is 3. The maximum Gasteiger partial charge on any atom is 0.418 e. The van der Waals surface area contributed by atoms with Crippen LogP contribution in [0.4, 0.5) is 16.2 Å². The molecule has 55 heavy (non-hydrogen) atoms. The van der Waals surface area contributed by atoms with Gasteiger partial charge in [-0.25, -0.2) is 23.1 Å². The molecule has 5 rings (SSSR count). The Bertz CT molecular complexity index is 2110. The third kappa shape index (κ3) is 8.00. The van der Waals surface area contributed by atoms with Gasteiger partial charge in [0.15, 0.2) is 17.5 Å². The van der Waals surface area contributed by atoms with Gasteiger partial charge in [0, 0.05) is 24.6 Å². The molecule has 0 aromatic heterocycles. The van der Waals surface area contributed by atoms with Gasteiger partial charge in [-0.1, -0.05) is 65.8 Å². The average Bonchev–Trinajstić information content (AvgIpc) is 3.35. The zero-order valence-corrected chi connectivity index (χ0v) is 34.1. The Hall–Kier alpha value is -5.11. The number of aliphatic imine (C=N–C) groups is 1. The van der Waals surface area contributed by atoms with E-state index in [4.69, 9.17) is 18.9 Å². The first-order chi connectivity index (χ1) is 25.8. The molecule has 2 aliphatic rings. The van der Waals surface area contributed by atoms with Crippen LogP contribution in [0.15, 0.2) is 70.6 Å². The van der Waals surface area contributed by atoms with E-state index in [0.717, 1.165) is 22.7 Å². The van der Waals surface area contributed by atoms with Crippen LogP contribution in [0.1, 0.15) is 85.8 Å². The average molecular weight is 777 g/mol. The molecule has 14 heteroatoms. The number of para-hydroxylation sites is 1. The van der Waals surface area contributed by atoms with Crippen molar-refractivity contribution in [3.8, 4) is 17.2 Å². The number of anilines is 1. The molecule has 3 amide bonds. The standard InChI is InChI=1S/C41H52N4O9S/c1-11-39(3,4)26-18-20-31(28(24-26)40(5,6)12-2)53-23-15-22-44-35(42-29-16-13-14-17-33(29)55(44,49)50)34(45-37(47)41(7,8)54-38(45)48)36(46)43-30-25-27(51-9)19-21-32(30)52-10/h13-14,16-21,24-25,34H,11-12,15,22-23H2,1-10H3,(H,43,46). The Morgan fingerprint density at radius 1 is 0.927 bits per heavy atom. The molecule has 1 saturated heterocycles. The lowest BCUT2D eigenvalue weighted by Gasteiger charge is -2.35. The Morgan fingerprint density at radius 3 is 2.22 bits per heavy atom. The monoisotopic (exact) mass is 776 g/mol. The maximum atomic E-state index is 14.5. The summed E-state index contributed by atoms with van der Waals surface area (Å²) < 4.78 is 52.4. The summed E-state index contributed by atoms with van der Waals surface area (Å²) in [6.45, 7) is 15.7. The van der Waals surface area contributed by atoms with E-state index in [0.29, 0.717) is 16.4 Å². The maximum absolute atomic E-state index is 14.5. The van der Waals surface area contributed by atoms with Crippen molar-refractivity contribution in [1.29, 1.82) is 0 Å². The first-order valence-corrected chi connectivity index (χ1v) is 19.8. The highest BCUT2D eigenvalue weighted by Crippen LogP contribution is 2.40. The van der Waals surface area contributed by atoms with Gasteiger partial charge < -0.3 is 24.3 Å². The second kappa shape index (κ2) is 15.6. The van der Waals surface area contributed by atoms with Crippen LogP contribution in [-0.2, 0) is 35.2 Å². The molecule has 0 aliphatic carbocycles. The van der Waals surface area contributed by atoms with Gasteiger partial charge in [-0.15, -0.1) is 0 Å². The summed E-state index contributed by atoms with van der Waals surface area (Å²) in [7, 11) is -1.52. The van der Waals surface area contributed by atoms with Crippen molar-refractivity contribution in [3.63, 3.8) is 0 Å². The van der Waals surface area contributed by atoms with Crippen LogP contribution in [-0.4, -0.2) is 80.4 Å². The van der Waals surface area contributed by atoms with Crippen molar-refractivity contribution in [1.82, 2.24) is 9.21 Å². The number of hydrogen-bond donors (Lipinski definition) is 1. The van der Waals surface area contributed by atoms with Crippen LogP contribution in [0.5, 0.6) is 17.2 Å². The molecule has 13 nitrogen and oxygen atoms in total. The lowest BCUT2D eigenvalue weighted by Crippen LogP contribution is -2.59. The highest BCUT2D eigenvalue weighted by atomic mass is 32.2. The number of rotatable bonds is 15.